The van der Waals surface area contributed by atoms with Crippen LogP contribution in [0.15, 0.2) is 84.2 Å². The van der Waals surface area contributed by atoms with Crippen LogP contribution in [0.3, 0.4) is 0 Å². The predicted molar refractivity (Wildman–Crippen MR) is 146 cm³/mol. The second-order valence-corrected chi connectivity index (χ2v) is 9.68. The van der Waals surface area contributed by atoms with Gasteiger partial charge in [0.1, 0.15) is 0 Å². The zero-order valence-electron chi connectivity index (χ0n) is 21.1. The van der Waals surface area contributed by atoms with Gasteiger partial charge in [0.25, 0.3) is 0 Å². The van der Waals surface area contributed by atoms with E-state index in [0.717, 1.165) is 49.7 Å². The lowest BCUT2D eigenvalue weighted by atomic mass is 9.91. The van der Waals surface area contributed by atoms with Gasteiger partial charge < -0.3 is 4.57 Å². The molecule has 4 heterocycles. The van der Waals surface area contributed by atoms with E-state index in [-0.39, 0.29) is 0 Å². The molecule has 0 aliphatic carbocycles. The predicted octanol–water partition coefficient (Wildman–Crippen LogP) is 5.31. The van der Waals surface area contributed by atoms with Crippen molar-refractivity contribution < 1.29 is 0 Å². The molecule has 4 aromatic heterocycles. The zero-order chi connectivity index (χ0) is 26.4. The van der Waals surface area contributed by atoms with Gasteiger partial charge in [-0.15, -0.1) is 4.99 Å². The molecule has 0 aliphatic heterocycles. The third kappa shape index (κ3) is 3.59. The number of hydrogen-bond acceptors (Lipinski definition) is 6. The van der Waals surface area contributed by atoms with Crippen molar-refractivity contribution in [1.29, 1.82) is 10.5 Å². The van der Waals surface area contributed by atoms with Crippen LogP contribution in [0, 0.1) is 22.8 Å². The molecule has 0 saturated heterocycles. The van der Waals surface area contributed by atoms with E-state index in [0.29, 0.717) is 11.3 Å². The van der Waals surface area contributed by atoms with Gasteiger partial charge >= 0.3 is 0 Å². The van der Waals surface area contributed by atoms with E-state index in [9.17, 15) is 10.5 Å². The Labute approximate surface area is 218 Å². The number of fused-ring (bicyclic) bond motifs is 4. The molecule has 0 spiro atoms. The highest BCUT2D eigenvalue weighted by molar-refractivity contribution is 6.05. The number of hydrogen-bond donors (Lipinski definition) is 0. The first-order valence-electron chi connectivity index (χ1n) is 12.1. The minimum Gasteiger partial charge on any atom is -0.311 e. The van der Waals surface area contributed by atoms with Gasteiger partial charge in [-0.3, -0.25) is 19.5 Å². The molecule has 0 aliphatic rings. The van der Waals surface area contributed by atoms with Crippen LogP contribution >= 0.6 is 0 Å². The van der Waals surface area contributed by atoms with E-state index < -0.39 is 5.41 Å². The van der Waals surface area contributed by atoms with Gasteiger partial charge in [0.05, 0.1) is 57.3 Å². The Morgan fingerprint density at radius 1 is 0.868 bits per heavy atom. The molecule has 0 saturated carbocycles. The van der Waals surface area contributed by atoms with Crippen LogP contribution in [0.5, 0.6) is 0 Å². The first kappa shape index (κ1) is 23.1. The van der Waals surface area contributed by atoms with E-state index in [1.165, 1.54) is 0 Å². The Bertz CT molecular complexity index is 2030. The molecule has 2 aromatic carbocycles. The third-order valence-electron chi connectivity index (χ3n) is 6.92. The maximum Gasteiger partial charge on any atom is 0.226 e. The minimum absolute atomic E-state index is 0.452. The third-order valence-corrected chi connectivity index (χ3v) is 6.92. The van der Waals surface area contributed by atoms with Crippen LogP contribution in [0.2, 0.25) is 0 Å². The summed E-state index contributed by atoms with van der Waals surface area (Å²) in [4.78, 5) is 17.9. The molecule has 6 rings (SSSR count). The Morgan fingerprint density at radius 2 is 1.66 bits per heavy atom. The monoisotopic (exact) mass is 494 g/mol. The van der Waals surface area contributed by atoms with Crippen molar-refractivity contribution >= 4 is 32.8 Å². The highest BCUT2D eigenvalue weighted by Gasteiger charge is 2.22. The molecule has 0 unspecified atom stereocenters. The molecule has 0 fully saturated rings. The molecule has 0 N–H and O–H groups in total. The molecule has 0 amide bonds. The average molecular weight is 495 g/mol. The summed E-state index contributed by atoms with van der Waals surface area (Å²) in [6.07, 6.45) is 7.25. The van der Waals surface area contributed by atoms with Gasteiger partial charge in [-0.25, -0.2) is 0 Å². The van der Waals surface area contributed by atoms with Gasteiger partial charge in [-0.2, -0.15) is 10.5 Å². The van der Waals surface area contributed by atoms with Crippen LogP contribution in [-0.4, -0.2) is 24.1 Å². The van der Waals surface area contributed by atoms with Crippen LogP contribution in [0.1, 0.15) is 19.5 Å². The summed E-state index contributed by atoms with van der Waals surface area (Å²) in [5.74, 6) is 0. The van der Waals surface area contributed by atoms with Crippen molar-refractivity contribution in [3.05, 3.63) is 90.6 Å². The lowest BCUT2D eigenvalue weighted by Crippen LogP contribution is -2.23. The standard InChI is InChI=1S/C30H22N8/c1-30(2,17-31)27-11-8-22(15-35-27)38-28-23-14-20(19-6-9-24-21(13-19)5-4-12-33-24)7-10-25(23)34-16-26(28)37(3)29(38)36-18-32/h4-16H,1-3H3. The summed E-state index contributed by atoms with van der Waals surface area (Å²) < 4.78 is 3.78. The van der Waals surface area contributed by atoms with E-state index in [1.807, 2.05) is 66.6 Å². The Morgan fingerprint density at radius 3 is 2.39 bits per heavy atom. The van der Waals surface area contributed by atoms with Gasteiger partial charge in [-0.1, -0.05) is 18.2 Å². The lowest BCUT2D eigenvalue weighted by Gasteiger charge is -2.15. The normalized spacial score (nSPS) is 12.2. The summed E-state index contributed by atoms with van der Waals surface area (Å²) in [5.41, 5.74) is 6.70. The Kier molecular flexibility index (Phi) is 5.25. The fourth-order valence-electron chi connectivity index (χ4n) is 4.80. The molecule has 8 heteroatoms. The molecule has 38 heavy (non-hydrogen) atoms. The lowest BCUT2D eigenvalue weighted by molar-refractivity contribution is 0.658. The maximum absolute atomic E-state index is 9.53. The number of aromatic nitrogens is 5. The summed E-state index contributed by atoms with van der Waals surface area (Å²) in [6.45, 7) is 3.67. The van der Waals surface area contributed by atoms with E-state index in [1.54, 1.807) is 18.6 Å². The molecule has 0 radical (unpaired) electrons. The van der Waals surface area contributed by atoms with E-state index in [4.69, 9.17) is 4.98 Å². The Hall–Kier alpha value is -5.34. The maximum atomic E-state index is 9.53. The molecular weight excluding hydrogens is 472 g/mol. The van der Waals surface area contributed by atoms with Gasteiger partial charge in [0.2, 0.25) is 11.8 Å². The number of benzene rings is 2. The first-order valence-corrected chi connectivity index (χ1v) is 12.1. The van der Waals surface area contributed by atoms with Crippen molar-refractivity contribution in [3.63, 3.8) is 0 Å². The number of nitriles is 2. The van der Waals surface area contributed by atoms with E-state index >= 15 is 0 Å². The fourth-order valence-corrected chi connectivity index (χ4v) is 4.80. The van der Waals surface area contributed by atoms with Crippen LogP contribution in [0.25, 0.3) is 49.7 Å². The summed E-state index contributed by atoms with van der Waals surface area (Å²) in [6, 6.07) is 22.4. The highest BCUT2D eigenvalue weighted by atomic mass is 15.2. The fraction of sp³-hybridized carbons (Fsp3) is 0.133. The molecule has 0 bridgehead atoms. The van der Waals surface area contributed by atoms with Crippen molar-refractivity contribution in [2.45, 2.75) is 19.3 Å². The SMILES string of the molecule is Cn1c(=NC#N)n(-c2ccc(C(C)(C)C#N)nc2)c2c3cc(-c4ccc5ncccc5c4)ccc3ncc21. The van der Waals surface area contributed by atoms with E-state index in [2.05, 4.69) is 51.4 Å². The average Bonchev–Trinajstić information content (AvgIpc) is 3.24. The highest BCUT2D eigenvalue weighted by Crippen LogP contribution is 2.31. The largest absolute Gasteiger partial charge is 0.311 e. The van der Waals surface area contributed by atoms with Crippen LogP contribution in [-0.2, 0) is 12.5 Å². The molecular formula is C30H22N8. The molecule has 0 atom stereocenters. The van der Waals surface area contributed by atoms with Crippen molar-refractivity contribution in [2.24, 2.45) is 12.0 Å². The summed E-state index contributed by atoms with van der Waals surface area (Å²) >= 11 is 0. The van der Waals surface area contributed by atoms with Crippen molar-refractivity contribution in [3.8, 4) is 29.1 Å². The smallest absolute Gasteiger partial charge is 0.226 e. The van der Waals surface area contributed by atoms with Gasteiger partial charge in [0.15, 0.2) is 0 Å². The topological polar surface area (TPSA) is 108 Å². The van der Waals surface area contributed by atoms with Gasteiger partial charge in [-0.05, 0) is 67.4 Å². The molecule has 8 nitrogen and oxygen atoms in total. The molecule has 6 aromatic rings. The van der Waals surface area contributed by atoms with Gasteiger partial charge in [0, 0.05) is 24.0 Å². The van der Waals surface area contributed by atoms with Crippen molar-refractivity contribution in [2.75, 3.05) is 0 Å². The number of nitrogens with zero attached hydrogens (tertiary/aromatic N) is 8. The molecule has 182 valence electrons. The minimum atomic E-state index is -0.720. The number of rotatable bonds is 3. The number of aryl methyl sites for hydroxylation is 1. The van der Waals surface area contributed by atoms with Crippen molar-refractivity contribution in [1.82, 2.24) is 24.1 Å². The number of pyridine rings is 3. The summed E-state index contributed by atoms with van der Waals surface area (Å²) in [7, 11) is 1.86. The quantitative estimate of drug-likeness (QED) is 0.310. The zero-order valence-corrected chi connectivity index (χ0v) is 21.1. The van der Waals surface area contributed by atoms with Crippen LogP contribution < -0.4 is 5.62 Å². The van der Waals surface area contributed by atoms with Crippen LogP contribution in [0.4, 0.5) is 0 Å². The first-order chi connectivity index (χ1) is 18.4. The summed E-state index contributed by atoms with van der Waals surface area (Å²) in [5, 5.41) is 21.0. The second-order valence-electron chi connectivity index (χ2n) is 9.68. The number of imidazole rings is 1. The second kappa shape index (κ2) is 8.65. The Balaban J connectivity index is 1.64.